The molecule has 1 aromatic heterocycles. The predicted molar refractivity (Wildman–Crippen MR) is 51.2 cm³/mol. The monoisotopic (exact) mass is 214 g/mol. The van der Waals surface area contributed by atoms with E-state index in [-0.39, 0.29) is 12.5 Å². The average molecular weight is 214 g/mol. The van der Waals surface area contributed by atoms with Crippen LogP contribution in [0.4, 0.5) is 0 Å². The molecule has 1 heterocycles. The molecule has 1 amide bonds. The fourth-order valence-electron chi connectivity index (χ4n) is 0.783. The van der Waals surface area contributed by atoms with Crippen molar-refractivity contribution in [2.75, 3.05) is 13.7 Å². The van der Waals surface area contributed by atoms with Crippen LogP contribution in [-0.4, -0.2) is 30.5 Å². The maximum absolute atomic E-state index is 11.3. The van der Waals surface area contributed by atoms with Gasteiger partial charge in [0.1, 0.15) is 12.2 Å². The Balaban J connectivity index is 2.47. The molecule has 0 saturated carbocycles. The number of rotatable bonds is 3. The minimum atomic E-state index is -0.481. The van der Waals surface area contributed by atoms with E-state index in [2.05, 4.69) is 15.0 Å². The molecule has 0 radical (unpaired) electrons. The van der Waals surface area contributed by atoms with Gasteiger partial charge in [-0.15, -0.1) is 11.3 Å². The molecule has 76 valence electrons. The lowest BCUT2D eigenvalue weighted by atomic mass is 10.4. The van der Waals surface area contributed by atoms with Gasteiger partial charge in [0, 0.05) is 5.38 Å². The Labute approximate surface area is 85.1 Å². The van der Waals surface area contributed by atoms with Gasteiger partial charge in [0.05, 0.1) is 12.1 Å². The van der Waals surface area contributed by atoms with E-state index in [0.29, 0.717) is 5.69 Å². The van der Waals surface area contributed by atoms with Crippen molar-refractivity contribution in [2.24, 2.45) is 0 Å². The van der Waals surface area contributed by atoms with Crippen LogP contribution in [0.3, 0.4) is 0 Å². The van der Waals surface area contributed by atoms with Gasteiger partial charge < -0.3 is 10.1 Å². The average Bonchev–Trinajstić information content (AvgIpc) is 2.60. The third-order valence-corrected chi connectivity index (χ3v) is 2.25. The molecule has 0 spiro atoms. The highest BCUT2D eigenvalue weighted by Gasteiger charge is 2.10. The molecule has 1 N–H and O–H groups in total. The molecule has 0 bridgehead atoms. The summed E-state index contributed by atoms with van der Waals surface area (Å²) in [7, 11) is 1.27. The Kier molecular flexibility index (Phi) is 3.58. The Morgan fingerprint density at radius 2 is 2.36 bits per heavy atom. The summed E-state index contributed by atoms with van der Waals surface area (Å²) in [6.45, 7) is 1.67. The number of thiazole rings is 1. The van der Waals surface area contributed by atoms with Gasteiger partial charge in [-0.2, -0.15) is 0 Å². The van der Waals surface area contributed by atoms with Crippen LogP contribution in [-0.2, 0) is 9.53 Å². The molecule has 0 aliphatic carbocycles. The molecule has 0 fully saturated rings. The minimum absolute atomic E-state index is 0.133. The number of hydrogen-bond donors (Lipinski definition) is 1. The summed E-state index contributed by atoms with van der Waals surface area (Å²) in [6, 6.07) is 0. The molecule has 1 rings (SSSR count). The number of esters is 1. The number of aromatic nitrogens is 1. The zero-order valence-corrected chi connectivity index (χ0v) is 8.68. The second-order valence-electron chi connectivity index (χ2n) is 2.51. The van der Waals surface area contributed by atoms with Crippen molar-refractivity contribution in [1.82, 2.24) is 10.3 Å². The van der Waals surface area contributed by atoms with Gasteiger partial charge in [0.15, 0.2) is 0 Å². The summed E-state index contributed by atoms with van der Waals surface area (Å²) in [5.41, 5.74) is 0.330. The first-order chi connectivity index (χ1) is 6.63. The molecular weight excluding hydrogens is 204 g/mol. The number of nitrogens with zero attached hydrogens (tertiary/aromatic N) is 1. The van der Waals surface area contributed by atoms with E-state index >= 15 is 0 Å². The minimum Gasteiger partial charge on any atom is -0.468 e. The van der Waals surface area contributed by atoms with E-state index in [4.69, 9.17) is 0 Å². The van der Waals surface area contributed by atoms with Gasteiger partial charge in [0.25, 0.3) is 5.91 Å². The number of carbonyl (C=O) groups is 2. The van der Waals surface area contributed by atoms with E-state index in [0.717, 1.165) is 5.01 Å². The van der Waals surface area contributed by atoms with Crippen molar-refractivity contribution in [3.05, 3.63) is 16.1 Å². The summed E-state index contributed by atoms with van der Waals surface area (Å²) >= 11 is 1.38. The molecule has 5 nitrogen and oxygen atoms in total. The van der Waals surface area contributed by atoms with Crippen molar-refractivity contribution in [2.45, 2.75) is 6.92 Å². The first kappa shape index (κ1) is 10.6. The fourth-order valence-corrected chi connectivity index (χ4v) is 1.38. The fraction of sp³-hybridized carbons (Fsp3) is 0.375. The lowest BCUT2D eigenvalue weighted by Gasteiger charge is -2.00. The maximum Gasteiger partial charge on any atom is 0.325 e. The van der Waals surface area contributed by atoms with Gasteiger partial charge in [-0.25, -0.2) is 4.98 Å². The summed E-state index contributed by atoms with van der Waals surface area (Å²) in [4.78, 5) is 26.0. The van der Waals surface area contributed by atoms with Crippen molar-refractivity contribution in [3.8, 4) is 0 Å². The van der Waals surface area contributed by atoms with Crippen LogP contribution < -0.4 is 5.32 Å². The molecular formula is C8H10N2O3S. The van der Waals surface area contributed by atoms with Gasteiger partial charge in [0.2, 0.25) is 0 Å². The Hall–Kier alpha value is -1.43. The molecule has 0 aromatic carbocycles. The molecule has 0 aliphatic heterocycles. The number of methoxy groups -OCH3 is 1. The normalized spacial score (nSPS) is 9.57. The van der Waals surface area contributed by atoms with Crippen LogP contribution in [0, 0.1) is 6.92 Å². The summed E-state index contributed by atoms with van der Waals surface area (Å²) in [5, 5.41) is 4.85. The molecule has 0 unspecified atom stereocenters. The number of nitrogens with one attached hydrogen (secondary N) is 1. The molecule has 14 heavy (non-hydrogen) atoms. The van der Waals surface area contributed by atoms with Crippen LogP contribution in [0.2, 0.25) is 0 Å². The van der Waals surface area contributed by atoms with Crippen LogP contribution >= 0.6 is 11.3 Å². The summed E-state index contributed by atoms with van der Waals surface area (Å²) < 4.78 is 4.37. The Morgan fingerprint density at radius 1 is 1.64 bits per heavy atom. The molecule has 6 heteroatoms. The van der Waals surface area contributed by atoms with Crippen LogP contribution in [0.1, 0.15) is 15.5 Å². The van der Waals surface area contributed by atoms with Gasteiger partial charge in [-0.3, -0.25) is 9.59 Å². The zero-order valence-electron chi connectivity index (χ0n) is 7.86. The van der Waals surface area contributed by atoms with E-state index in [1.54, 1.807) is 5.38 Å². The maximum atomic E-state index is 11.3. The lowest BCUT2D eigenvalue weighted by molar-refractivity contribution is -0.139. The van der Waals surface area contributed by atoms with Gasteiger partial charge in [-0.1, -0.05) is 0 Å². The van der Waals surface area contributed by atoms with Gasteiger partial charge in [-0.05, 0) is 6.92 Å². The second-order valence-corrected chi connectivity index (χ2v) is 3.57. The van der Waals surface area contributed by atoms with Crippen LogP contribution in [0.25, 0.3) is 0 Å². The zero-order chi connectivity index (χ0) is 10.6. The van der Waals surface area contributed by atoms with Crippen molar-refractivity contribution in [1.29, 1.82) is 0 Å². The van der Waals surface area contributed by atoms with E-state index in [1.165, 1.54) is 18.4 Å². The topological polar surface area (TPSA) is 68.3 Å². The number of hydrogen-bond acceptors (Lipinski definition) is 5. The van der Waals surface area contributed by atoms with Gasteiger partial charge >= 0.3 is 5.97 Å². The smallest absolute Gasteiger partial charge is 0.325 e. The van der Waals surface area contributed by atoms with Crippen LogP contribution in [0.5, 0.6) is 0 Å². The molecule has 0 atom stereocenters. The first-order valence-electron chi connectivity index (χ1n) is 3.90. The summed E-state index contributed by atoms with van der Waals surface area (Å²) in [6.07, 6.45) is 0. The third kappa shape index (κ3) is 2.81. The molecule has 0 aliphatic rings. The predicted octanol–water partition coefficient (Wildman–Crippen LogP) is 0.354. The first-order valence-corrected chi connectivity index (χ1v) is 4.78. The largest absolute Gasteiger partial charge is 0.468 e. The van der Waals surface area contributed by atoms with Crippen molar-refractivity contribution < 1.29 is 14.3 Å². The highest BCUT2D eigenvalue weighted by atomic mass is 32.1. The van der Waals surface area contributed by atoms with Crippen molar-refractivity contribution in [3.63, 3.8) is 0 Å². The Bertz CT molecular complexity index is 348. The van der Waals surface area contributed by atoms with E-state index < -0.39 is 5.97 Å². The van der Waals surface area contributed by atoms with Crippen LogP contribution in [0.15, 0.2) is 5.38 Å². The quantitative estimate of drug-likeness (QED) is 0.737. The van der Waals surface area contributed by atoms with E-state index in [1.807, 2.05) is 6.92 Å². The highest BCUT2D eigenvalue weighted by molar-refractivity contribution is 7.09. The summed E-state index contributed by atoms with van der Waals surface area (Å²) in [5.74, 6) is -0.843. The second kappa shape index (κ2) is 4.71. The van der Waals surface area contributed by atoms with Crippen molar-refractivity contribution >= 4 is 23.2 Å². The molecule has 1 aromatic rings. The molecule has 0 saturated heterocycles. The number of carbonyl (C=O) groups excluding carboxylic acids is 2. The highest BCUT2D eigenvalue weighted by Crippen LogP contribution is 2.07. The van der Waals surface area contributed by atoms with E-state index in [9.17, 15) is 9.59 Å². The number of amides is 1. The lowest BCUT2D eigenvalue weighted by Crippen LogP contribution is -2.30. The SMILES string of the molecule is COC(=O)CNC(=O)c1csc(C)n1. The number of ether oxygens (including phenoxy) is 1. The number of aryl methyl sites for hydroxylation is 1. The Morgan fingerprint density at radius 3 is 2.86 bits per heavy atom. The standard InChI is InChI=1S/C8H10N2O3S/c1-5-10-6(4-14-5)8(12)9-3-7(11)13-2/h4H,3H2,1-2H3,(H,9,12). The third-order valence-electron chi connectivity index (χ3n) is 1.47.